The minimum absolute atomic E-state index is 0.105. The molecule has 0 radical (unpaired) electrons. The first-order valence-electron chi connectivity index (χ1n) is 6.70. The third-order valence-corrected chi connectivity index (χ3v) is 3.43. The number of hydrogen-bond donors (Lipinski definition) is 1. The maximum atomic E-state index is 12.6. The second-order valence-corrected chi connectivity index (χ2v) is 4.84. The molecule has 22 heavy (non-hydrogen) atoms. The Bertz CT molecular complexity index is 727. The van der Waals surface area contributed by atoms with Gasteiger partial charge in [-0.3, -0.25) is 4.79 Å². The van der Waals surface area contributed by atoms with Gasteiger partial charge in [0.1, 0.15) is 12.4 Å². The number of ether oxygens (including phenoxy) is 1. The van der Waals surface area contributed by atoms with Gasteiger partial charge in [-0.15, -0.1) is 5.10 Å². The molecule has 8 nitrogen and oxygen atoms in total. The Morgan fingerprint density at radius 1 is 1.36 bits per heavy atom. The van der Waals surface area contributed by atoms with Crippen molar-refractivity contribution in [2.24, 2.45) is 7.05 Å². The summed E-state index contributed by atoms with van der Waals surface area (Å²) in [5, 5.41) is 17.4. The average molecular weight is 302 g/mol. The zero-order valence-corrected chi connectivity index (χ0v) is 11.8. The van der Waals surface area contributed by atoms with Gasteiger partial charge in [0.2, 0.25) is 0 Å². The molecule has 0 saturated carbocycles. The van der Waals surface area contributed by atoms with Crippen molar-refractivity contribution in [2.45, 2.75) is 6.04 Å². The molecule has 0 fully saturated rings. The van der Waals surface area contributed by atoms with E-state index in [-0.39, 0.29) is 18.8 Å². The molecule has 0 bridgehead atoms. The number of carbonyl (C=O) groups excluding carboxylic acids is 1. The van der Waals surface area contributed by atoms with E-state index >= 15 is 0 Å². The zero-order chi connectivity index (χ0) is 15.7. The first-order chi connectivity index (χ1) is 10.6. The molecule has 2 aromatic rings. The third kappa shape index (κ3) is 2.39. The van der Waals surface area contributed by atoms with Crippen LogP contribution in [0.2, 0.25) is 0 Å². The third-order valence-electron chi connectivity index (χ3n) is 3.43. The maximum absolute atomic E-state index is 12.6. The number of hydrogen-bond acceptors (Lipinski definition) is 5. The summed E-state index contributed by atoms with van der Waals surface area (Å²) in [7, 11) is 1.59. The van der Waals surface area contributed by atoms with Crippen LogP contribution in [0.1, 0.15) is 22.1 Å². The molecule has 114 valence electrons. The molecule has 0 aliphatic carbocycles. The number of rotatable bonds is 2. The number of carboxylic acid groups (broad SMARTS) is 1. The van der Waals surface area contributed by atoms with E-state index in [1.807, 2.05) is 0 Å². The Kier molecular flexibility index (Phi) is 3.50. The minimum atomic E-state index is -1.12. The van der Waals surface area contributed by atoms with Gasteiger partial charge in [0.25, 0.3) is 5.91 Å². The number of aromatic nitrogens is 3. The molecular formula is C14H14N4O4. The highest BCUT2D eigenvalue weighted by atomic mass is 16.5. The van der Waals surface area contributed by atoms with E-state index in [1.165, 1.54) is 15.9 Å². The molecule has 1 amide bonds. The number of amides is 1. The van der Waals surface area contributed by atoms with Crippen molar-refractivity contribution in [1.29, 1.82) is 0 Å². The molecule has 2 heterocycles. The fraction of sp³-hybridized carbons (Fsp3) is 0.286. The van der Waals surface area contributed by atoms with Crippen molar-refractivity contribution in [2.75, 3.05) is 13.2 Å². The highest BCUT2D eigenvalue weighted by molar-refractivity contribution is 5.95. The molecule has 1 N–H and O–H groups in total. The monoisotopic (exact) mass is 302 g/mol. The molecule has 1 atom stereocenters. The van der Waals surface area contributed by atoms with Gasteiger partial charge in [0.05, 0.1) is 12.7 Å². The second kappa shape index (κ2) is 5.47. The Hall–Kier alpha value is -2.90. The first-order valence-corrected chi connectivity index (χ1v) is 6.70. The van der Waals surface area contributed by atoms with Crippen molar-refractivity contribution in [3.8, 4) is 5.75 Å². The van der Waals surface area contributed by atoms with E-state index in [1.54, 1.807) is 31.3 Å². The number of aryl methyl sites for hydroxylation is 1. The van der Waals surface area contributed by atoms with Crippen LogP contribution in [0, 0.1) is 0 Å². The number of aliphatic carboxylic acids is 1. The standard InChI is InChI=1S/C14H14N4O4/c1-17-15-8-10(16-17)13(19)18-6-7-22-11-5-3-2-4-9(11)12(18)14(20)21/h2-5,8,12H,6-7H2,1H3,(H,20,21). The zero-order valence-electron chi connectivity index (χ0n) is 11.8. The highest BCUT2D eigenvalue weighted by Gasteiger charge is 2.36. The summed E-state index contributed by atoms with van der Waals surface area (Å²) in [5.41, 5.74) is 0.554. The van der Waals surface area contributed by atoms with Crippen molar-refractivity contribution < 1.29 is 19.4 Å². The van der Waals surface area contributed by atoms with Crippen molar-refractivity contribution >= 4 is 11.9 Å². The predicted octanol–water partition coefficient (Wildman–Crippen LogP) is 0.476. The van der Waals surface area contributed by atoms with E-state index in [0.717, 1.165) is 0 Å². The average Bonchev–Trinajstić information content (AvgIpc) is 2.83. The SMILES string of the molecule is Cn1ncc(C(=O)N2CCOc3ccccc3C2C(=O)O)n1. The van der Waals surface area contributed by atoms with Gasteiger partial charge >= 0.3 is 5.97 Å². The summed E-state index contributed by atoms with van der Waals surface area (Å²) in [6.07, 6.45) is 1.32. The molecule has 1 aliphatic heterocycles. The summed E-state index contributed by atoms with van der Waals surface area (Å²) >= 11 is 0. The molecule has 8 heteroatoms. The van der Waals surface area contributed by atoms with E-state index in [9.17, 15) is 14.7 Å². The second-order valence-electron chi connectivity index (χ2n) is 4.84. The van der Waals surface area contributed by atoms with Gasteiger partial charge in [-0.05, 0) is 6.07 Å². The normalized spacial score (nSPS) is 17.3. The number of fused-ring (bicyclic) bond motifs is 1. The summed E-state index contributed by atoms with van der Waals surface area (Å²) in [4.78, 5) is 26.8. The highest BCUT2D eigenvalue weighted by Crippen LogP contribution is 2.32. The smallest absolute Gasteiger partial charge is 0.331 e. The van der Waals surface area contributed by atoms with Crippen LogP contribution >= 0.6 is 0 Å². The van der Waals surface area contributed by atoms with E-state index < -0.39 is 17.9 Å². The van der Waals surface area contributed by atoms with Crippen LogP contribution in [0.3, 0.4) is 0 Å². The largest absolute Gasteiger partial charge is 0.491 e. The van der Waals surface area contributed by atoms with Gasteiger partial charge in [-0.25, -0.2) is 4.79 Å². The van der Waals surface area contributed by atoms with Crippen LogP contribution in [-0.2, 0) is 11.8 Å². The van der Waals surface area contributed by atoms with Crippen LogP contribution in [0.15, 0.2) is 30.5 Å². The topological polar surface area (TPSA) is 97.6 Å². The molecule has 1 unspecified atom stereocenters. The van der Waals surface area contributed by atoms with Gasteiger partial charge < -0.3 is 14.7 Å². The molecule has 1 aliphatic rings. The first kappa shape index (κ1) is 14.1. The fourth-order valence-electron chi connectivity index (χ4n) is 2.46. The summed E-state index contributed by atoms with van der Waals surface area (Å²) in [6, 6.07) is 5.71. The van der Waals surface area contributed by atoms with Crippen LogP contribution in [0.4, 0.5) is 0 Å². The Morgan fingerprint density at radius 2 is 2.14 bits per heavy atom. The maximum Gasteiger partial charge on any atom is 0.331 e. The number of carboxylic acids is 1. The van der Waals surface area contributed by atoms with Crippen molar-refractivity contribution in [1.82, 2.24) is 19.9 Å². The number of benzene rings is 1. The number of para-hydroxylation sites is 1. The lowest BCUT2D eigenvalue weighted by molar-refractivity contribution is -0.142. The molecule has 0 spiro atoms. The molecule has 1 aromatic heterocycles. The van der Waals surface area contributed by atoms with Crippen LogP contribution in [0.5, 0.6) is 5.75 Å². The van der Waals surface area contributed by atoms with Crippen molar-refractivity contribution in [3.63, 3.8) is 0 Å². The number of carbonyl (C=O) groups is 2. The van der Waals surface area contributed by atoms with Gasteiger partial charge in [0.15, 0.2) is 11.7 Å². The Labute approximate surface area is 125 Å². The quantitative estimate of drug-likeness (QED) is 0.866. The van der Waals surface area contributed by atoms with Gasteiger partial charge in [0, 0.05) is 12.6 Å². The molecular weight excluding hydrogens is 288 g/mol. The van der Waals surface area contributed by atoms with Crippen LogP contribution in [0.25, 0.3) is 0 Å². The lowest BCUT2D eigenvalue weighted by atomic mass is 10.0. The number of nitrogens with zero attached hydrogens (tertiary/aromatic N) is 4. The Balaban J connectivity index is 2.03. The lowest BCUT2D eigenvalue weighted by Gasteiger charge is -2.25. The minimum Gasteiger partial charge on any atom is -0.491 e. The van der Waals surface area contributed by atoms with Crippen molar-refractivity contribution in [3.05, 3.63) is 41.7 Å². The van der Waals surface area contributed by atoms with Crippen LogP contribution < -0.4 is 4.74 Å². The van der Waals surface area contributed by atoms with Gasteiger partial charge in [-0.2, -0.15) is 9.90 Å². The molecule has 3 rings (SSSR count). The lowest BCUT2D eigenvalue weighted by Crippen LogP contribution is -2.40. The fourth-order valence-corrected chi connectivity index (χ4v) is 2.46. The predicted molar refractivity (Wildman–Crippen MR) is 74.4 cm³/mol. The van der Waals surface area contributed by atoms with E-state index in [2.05, 4.69) is 10.2 Å². The van der Waals surface area contributed by atoms with Crippen LogP contribution in [-0.4, -0.2) is 50.0 Å². The summed E-state index contributed by atoms with van der Waals surface area (Å²) in [5.74, 6) is -1.12. The van der Waals surface area contributed by atoms with E-state index in [4.69, 9.17) is 4.74 Å². The summed E-state index contributed by atoms with van der Waals surface area (Å²) in [6.45, 7) is 0.369. The molecule has 0 saturated heterocycles. The Morgan fingerprint density at radius 3 is 2.82 bits per heavy atom. The molecule has 1 aromatic carbocycles. The summed E-state index contributed by atoms with van der Waals surface area (Å²) < 4.78 is 5.55. The van der Waals surface area contributed by atoms with E-state index in [0.29, 0.717) is 11.3 Å². The van der Waals surface area contributed by atoms with Gasteiger partial charge in [-0.1, -0.05) is 18.2 Å².